The van der Waals surface area contributed by atoms with E-state index >= 15 is 0 Å². The Morgan fingerprint density at radius 2 is 1.81 bits per heavy atom. The largest absolute Gasteiger partial charge is 0.438 e. The molecule has 0 spiro atoms. The number of hydrogen-bond acceptors (Lipinski definition) is 3. The minimum absolute atomic E-state index is 0.383. The first-order valence-corrected chi connectivity index (χ1v) is 7.08. The van der Waals surface area contributed by atoms with Gasteiger partial charge in [-0.2, -0.15) is 0 Å². The summed E-state index contributed by atoms with van der Waals surface area (Å²) in [6, 6.07) is 15.4. The number of nitrogens with two attached hydrogens (primary N) is 1. The van der Waals surface area contributed by atoms with E-state index in [9.17, 15) is 0 Å². The van der Waals surface area contributed by atoms with Crippen LogP contribution < -0.4 is 10.5 Å². The molecule has 0 saturated heterocycles. The molecule has 3 nitrogen and oxygen atoms in total. The van der Waals surface area contributed by atoms with Crippen molar-refractivity contribution in [3.63, 3.8) is 0 Å². The molecule has 0 atom stereocenters. The fourth-order valence-electron chi connectivity index (χ4n) is 2.23. The number of hydrogen-bond donors (Lipinski definition) is 1. The summed E-state index contributed by atoms with van der Waals surface area (Å²) in [6.07, 6.45) is 0. The van der Waals surface area contributed by atoms with Gasteiger partial charge in [0.05, 0.1) is 0 Å². The molecule has 2 aromatic carbocycles. The minimum Gasteiger partial charge on any atom is -0.438 e. The van der Waals surface area contributed by atoms with E-state index in [1.54, 1.807) is 0 Å². The second-order valence-corrected chi connectivity index (χ2v) is 5.22. The van der Waals surface area contributed by atoms with Crippen molar-refractivity contribution in [2.45, 2.75) is 13.5 Å². The molecule has 0 aliphatic rings. The van der Waals surface area contributed by atoms with Gasteiger partial charge in [0.15, 0.2) is 0 Å². The van der Waals surface area contributed by atoms with Gasteiger partial charge in [0.2, 0.25) is 5.88 Å². The lowest BCUT2D eigenvalue weighted by Gasteiger charge is -2.12. The second-order valence-electron chi connectivity index (χ2n) is 4.81. The average Bonchev–Trinajstić information content (AvgIpc) is 2.51. The molecular weight excluding hydrogens is 284 g/mol. The smallest absolute Gasteiger partial charge is 0.223 e. The Balaban J connectivity index is 2.11. The van der Waals surface area contributed by atoms with E-state index in [4.69, 9.17) is 22.1 Å². The van der Waals surface area contributed by atoms with Crippen LogP contribution in [0.1, 0.15) is 11.3 Å². The van der Waals surface area contributed by atoms with Gasteiger partial charge in [-0.15, -0.1) is 0 Å². The van der Waals surface area contributed by atoms with Crippen LogP contribution in [0.25, 0.3) is 10.8 Å². The van der Waals surface area contributed by atoms with Gasteiger partial charge in [0.1, 0.15) is 5.75 Å². The van der Waals surface area contributed by atoms with E-state index < -0.39 is 0 Å². The normalized spacial score (nSPS) is 10.8. The predicted molar refractivity (Wildman–Crippen MR) is 85.9 cm³/mol. The Labute approximate surface area is 128 Å². The first kappa shape index (κ1) is 13.9. The van der Waals surface area contributed by atoms with Gasteiger partial charge in [-0.1, -0.05) is 41.9 Å². The van der Waals surface area contributed by atoms with Crippen molar-refractivity contribution in [3.8, 4) is 11.6 Å². The fourth-order valence-corrected chi connectivity index (χ4v) is 2.46. The molecule has 3 rings (SSSR count). The van der Waals surface area contributed by atoms with Gasteiger partial charge >= 0.3 is 0 Å². The summed E-state index contributed by atoms with van der Waals surface area (Å²) < 4.78 is 6.00. The molecule has 106 valence electrons. The summed E-state index contributed by atoms with van der Waals surface area (Å²) in [5, 5.41) is 2.61. The molecule has 0 radical (unpaired) electrons. The number of fused-ring (bicyclic) bond motifs is 1. The van der Waals surface area contributed by atoms with Crippen LogP contribution in [0.5, 0.6) is 11.6 Å². The predicted octanol–water partition coefficient (Wildman–Crippen LogP) is 4.45. The zero-order chi connectivity index (χ0) is 14.8. The highest BCUT2D eigenvalue weighted by atomic mass is 35.5. The SMILES string of the molecule is Cc1ccc(CN)c(Oc2ccc(Cl)c3ccccc23)n1. The quantitative estimate of drug-likeness (QED) is 0.777. The Kier molecular flexibility index (Phi) is 3.78. The Bertz CT molecular complexity index is 802. The highest BCUT2D eigenvalue weighted by molar-refractivity contribution is 6.35. The maximum atomic E-state index is 6.22. The van der Waals surface area contributed by atoms with Crippen LogP contribution in [-0.2, 0) is 6.54 Å². The number of ether oxygens (including phenoxy) is 1. The highest BCUT2D eigenvalue weighted by Gasteiger charge is 2.10. The topological polar surface area (TPSA) is 48.1 Å². The van der Waals surface area contributed by atoms with Gasteiger partial charge in [0.25, 0.3) is 0 Å². The maximum Gasteiger partial charge on any atom is 0.223 e. The maximum absolute atomic E-state index is 6.22. The molecule has 0 aliphatic heterocycles. The van der Waals surface area contributed by atoms with Gasteiger partial charge in [-0.25, -0.2) is 4.98 Å². The molecule has 1 heterocycles. The number of nitrogens with zero attached hydrogens (tertiary/aromatic N) is 1. The average molecular weight is 299 g/mol. The van der Waals surface area contributed by atoms with Crippen LogP contribution >= 0.6 is 11.6 Å². The fraction of sp³-hybridized carbons (Fsp3) is 0.118. The molecule has 2 N–H and O–H groups in total. The third kappa shape index (κ3) is 2.71. The van der Waals surface area contributed by atoms with Crippen molar-refractivity contribution in [1.29, 1.82) is 0 Å². The van der Waals surface area contributed by atoms with Crippen molar-refractivity contribution in [3.05, 3.63) is 64.8 Å². The Hall–Kier alpha value is -2.10. The molecule has 0 amide bonds. The Morgan fingerprint density at radius 1 is 1.05 bits per heavy atom. The molecule has 4 heteroatoms. The van der Waals surface area contributed by atoms with Gasteiger partial charge in [0, 0.05) is 33.6 Å². The van der Waals surface area contributed by atoms with Crippen LogP contribution in [0, 0.1) is 6.92 Å². The number of rotatable bonds is 3. The van der Waals surface area contributed by atoms with E-state index in [0.717, 1.165) is 27.8 Å². The lowest BCUT2D eigenvalue weighted by molar-refractivity contribution is 0.460. The van der Waals surface area contributed by atoms with Crippen LogP contribution in [0.2, 0.25) is 5.02 Å². The molecule has 0 saturated carbocycles. The van der Waals surface area contributed by atoms with Crippen molar-refractivity contribution in [1.82, 2.24) is 4.98 Å². The number of aromatic nitrogens is 1. The summed E-state index contributed by atoms with van der Waals surface area (Å²) >= 11 is 6.22. The Morgan fingerprint density at radius 3 is 2.57 bits per heavy atom. The molecule has 21 heavy (non-hydrogen) atoms. The summed E-state index contributed by atoms with van der Waals surface area (Å²) in [7, 11) is 0. The lowest BCUT2D eigenvalue weighted by Crippen LogP contribution is -2.02. The second kappa shape index (κ2) is 5.72. The van der Waals surface area contributed by atoms with Crippen LogP contribution in [0.4, 0.5) is 0 Å². The lowest BCUT2D eigenvalue weighted by atomic mass is 10.1. The third-order valence-corrected chi connectivity index (χ3v) is 3.67. The zero-order valence-electron chi connectivity index (χ0n) is 11.6. The third-order valence-electron chi connectivity index (χ3n) is 3.34. The monoisotopic (exact) mass is 298 g/mol. The molecule has 0 fully saturated rings. The molecule has 1 aromatic heterocycles. The van der Waals surface area contributed by atoms with Crippen molar-refractivity contribution in [2.75, 3.05) is 0 Å². The van der Waals surface area contributed by atoms with E-state index in [1.807, 2.05) is 55.5 Å². The van der Waals surface area contributed by atoms with Crippen LogP contribution in [-0.4, -0.2) is 4.98 Å². The van der Waals surface area contributed by atoms with Crippen LogP contribution in [0.15, 0.2) is 48.5 Å². The van der Waals surface area contributed by atoms with E-state index in [0.29, 0.717) is 17.4 Å². The number of pyridine rings is 1. The molecular formula is C17H15ClN2O. The van der Waals surface area contributed by atoms with E-state index in [1.165, 1.54) is 0 Å². The van der Waals surface area contributed by atoms with Crippen molar-refractivity contribution >= 4 is 22.4 Å². The van der Waals surface area contributed by atoms with Gasteiger partial charge < -0.3 is 10.5 Å². The molecule has 0 aliphatic carbocycles. The number of aryl methyl sites for hydroxylation is 1. The first-order chi connectivity index (χ1) is 10.2. The number of halogens is 1. The van der Waals surface area contributed by atoms with Gasteiger partial charge in [-0.05, 0) is 25.1 Å². The summed E-state index contributed by atoms with van der Waals surface area (Å²) in [5.41, 5.74) is 7.51. The van der Waals surface area contributed by atoms with Crippen LogP contribution in [0.3, 0.4) is 0 Å². The summed E-state index contributed by atoms with van der Waals surface area (Å²) in [4.78, 5) is 4.43. The molecule has 0 bridgehead atoms. The summed E-state index contributed by atoms with van der Waals surface area (Å²) in [6.45, 7) is 2.31. The van der Waals surface area contributed by atoms with Crippen molar-refractivity contribution in [2.24, 2.45) is 5.73 Å². The van der Waals surface area contributed by atoms with E-state index in [2.05, 4.69) is 4.98 Å². The highest BCUT2D eigenvalue weighted by Crippen LogP contribution is 2.34. The minimum atomic E-state index is 0.383. The van der Waals surface area contributed by atoms with Gasteiger partial charge in [-0.3, -0.25) is 0 Å². The van der Waals surface area contributed by atoms with Crippen molar-refractivity contribution < 1.29 is 4.74 Å². The standard InChI is InChI=1S/C17H15ClN2O/c1-11-6-7-12(10-19)17(20-11)21-16-9-8-15(18)13-4-2-3-5-14(13)16/h2-9H,10,19H2,1H3. The molecule has 3 aromatic rings. The zero-order valence-corrected chi connectivity index (χ0v) is 12.4. The summed E-state index contributed by atoms with van der Waals surface area (Å²) in [5.74, 6) is 1.27. The molecule has 0 unspecified atom stereocenters. The van der Waals surface area contributed by atoms with E-state index in [-0.39, 0.29) is 0 Å². The first-order valence-electron chi connectivity index (χ1n) is 6.70. The number of benzene rings is 2.